The van der Waals surface area contributed by atoms with E-state index >= 15 is 0 Å². The van der Waals surface area contributed by atoms with Gasteiger partial charge in [0.1, 0.15) is 5.75 Å². The first kappa shape index (κ1) is 22.1. The van der Waals surface area contributed by atoms with Crippen molar-refractivity contribution in [3.8, 4) is 5.75 Å². The molecule has 6 heteroatoms. The zero-order valence-electron chi connectivity index (χ0n) is 16.0. The molecule has 0 fully saturated rings. The summed E-state index contributed by atoms with van der Waals surface area (Å²) in [6.45, 7) is 5.91. The Morgan fingerprint density at radius 2 is 2.14 bits per heavy atom. The fraction of sp³-hybridized carbons (Fsp3) is 0.273. The van der Waals surface area contributed by atoms with Crippen LogP contribution < -0.4 is 0 Å². The standard InChI is InChI=1S/C22H25NO3S2/c1-3-13-27-22(28-14-7-9-17-8-5-11-19(24)15-17)20(21(25)26-4-2)18-10-6-12-23-16-18/h3,5-6,8,10-12,15-16,24H,1,4,7,9,13-14H2,2H3. The van der Waals surface area contributed by atoms with Crippen LogP contribution in [0.25, 0.3) is 5.57 Å². The molecule has 0 saturated heterocycles. The lowest BCUT2D eigenvalue weighted by Crippen LogP contribution is -2.09. The van der Waals surface area contributed by atoms with Gasteiger partial charge in [-0.05, 0) is 49.3 Å². The third kappa shape index (κ3) is 7.09. The number of pyridine rings is 1. The van der Waals surface area contributed by atoms with Gasteiger partial charge in [-0.1, -0.05) is 24.3 Å². The quantitative estimate of drug-likeness (QED) is 0.232. The number of aryl methyl sites for hydroxylation is 1. The molecule has 4 nitrogen and oxygen atoms in total. The number of carbonyl (C=O) groups excluding carboxylic acids is 1. The Balaban J connectivity index is 2.16. The van der Waals surface area contributed by atoms with Crippen LogP contribution in [-0.4, -0.2) is 34.2 Å². The summed E-state index contributed by atoms with van der Waals surface area (Å²) in [5.74, 6) is 1.51. The highest BCUT2D eigenvalue weighted by Crippen LogP contribution is 2.37. The molecule has 0 unspecified atom stereocenters. The van der Waals surface area contributed by atoms with Crippen molar-refractivity contribution in [3.63, 3.8) is 0 Å². The molecule has 0 amide bonds. The van der Waals surface area contributed by atoms with E-state index in [0.717, 1.165) is 34.0 Å². The van der Waals surface area contributed by atoms with E-state index in [-0.39, 0.29) is 11.7 Å². The fourth-order valence-corrected chi connectivity index (χ4v) is 4.73. The molecule has 1 aromatic carbocycles. The minimum Gasteiger partial charge on any atom is -0.508 e. The second-order valence-electron chi connectivity index (χ2n) is 5.85. The molecule has 28 heavy (non-hydrogen) atoms. The number of phenolic OH excluding ortho intramolecular Hbond substituents is 1. The molecule has 0 aliphatic heterocycles. The summed E-state index contributed by atoms with van der Waals surface area (Å²) in [5.41, 5.74) is 2.42. The molecule has 2 aromatic rings. The Morgan fingerprint density at radius 1 is 1.29 bits per heavy atom. The minimum absolute atomic E-state index is 0.286. The average Bonchev–Trinajstić information content (AvgIpc) is 2.70. The lowest BCUT2D eigenvalue weighted by molar-refractivity contribution is -0.136. The molecule has 0 spiro atoms. The third-order valence-corrected chi connectivity index (χ3v) is 6.25. The normalized spacial score (nSPS) is 11.6. The number of benzene rings is 1. The van der Waals surface area contributed by atoms with Gasteiger partial charge in [0.05, 0.1) is 16.4 Å². The molecule has 0 aliphatic carbocycles. The molecule has 2 rings (SSSR count). The number of hydrogen-bond acceptors (Lipinski definition) is 6. The summed E-state index contributed by atoms with van der Waals surface area (Å²) in [5, 5.41) is 9.58. The van der Waals surface area contributed by atoms with Crippen LogP contribution in [0.4, 0.5) is 0 Å². The average molecular weight is 416 g/mol. The van der Waals surface area contributed by atoms with Crippen molar-refractivity contribution < 1.29 is 14.6 Å². The lowest BCUT2D eigenvalue weighted by atomic mass is 10.1. The van der Waals surface area contributed by atoms with Crippen LogP contribution in [0.1, 0.15) is 24.5 Å². The smallest absolute Gasteiger partial charge is 0.340 e. The number of phenols is 1. The maximum atomic E-state index is 12.7. The van der Waals surface area contributed by atoms with Crippen LogP contribution in [0.15, 0.2) is 65.7 Å². The van der Waals surface area contributed by atoms with E-state index in [0.29, 0.717) is 17.9 Å². The SMILES string of the molecule is C=CCSC(SCCCc1cccc(O)c1)=C(C(=O)OCC)c1cccnc1. The number of rotatable bonds is 11. The molecule has 1 aromatic heterocycles. The summed E-state index contributed by atoms with van der Waals surface area (Å²) in [6.07, 6.45) is 6.99. The number of aromatic hydroxyl groups is 1. The molecule has 0 bridgehead atoms. The predicted octanol–water partition coefficient (Wildman–Crippen LogP) is 5.30. The molecule has 1 N–H and O–H groups in total. The molecule has 1 heterocycles. The van der Waals surface area contributed by atoms with Crippen molar-refractivity contribution in [1.29, 1.82) is 0 Å². The van der Waals surface area contributed by atoms with E-state index in [1.54, 1.807) is 55.0 Å². The third-order valence-electron chi connectivity index (χ3n) is 3.72. The highest BCUT2D eigenvalue weighted by molar-refractivity contribution is 8.22. The molecule has 0 saturated carbocycles. The second kappa shape index (κ2) is 12.3. The van der Waals surface area contributed by atoms with Gasteiger partial charge in [-0.2, -0.15) is 0 Å². The maximum absolute atomic E-state index is 12.7. The summed E-state index contributed by atoms with van der Waals surface area (Å²) in [4.78, 5) is 16.8. The molecule has 148 valence electrons. The number of esters is 1. The molecular formula is C22H25NO3S2. The fourth-order valence-electron chi connectivity index (χ4n) is 2.51. The van der Waals surface area contributed by atoms with Gasteiger partial charge in [0.2, 0.25) is 0 Å². The molecular weight excluding hydrogens is 390 g/mol. The van der Waals surface area contributed by atoms with E-state index in [9.17, 15) is 9.90 Å². The van der Waals surface area contributed by atoms with Crippen LogP contribution in [0.2, 0.25) is 0 Å². The van der Waals surface area contributed by atoms with Gasteiger partial charge in [0.15, 0.2) is 0 Å². The van der Waals surface area contributed by atoms with Gasteiger partial charge >= 0.3 is 5.97 Å². The summed E-state index contributed by atoms with van der Waals surface area (Å²) in [6, 6.07) is 11.0. The highest BCUT2D eigenvalue weighted by atomic mass is 32.2. The van der Waals surface area contributed by atoms with E-state index < -0.39 is 0 Å². The number of aromatic nitrogens is 1. The Morgan fingerprint density at radius 3 is 2.82 bits per heavy atom. The monoisotopic (exact) mass is 415 g/mol. The Labute approximate surface area is 175 Å². The first-order valence-electron chi connectivity index (χ1n) is 9.12. The van der Waals surface area contributed by atoms with E-state index in [1.165, 1.54) is 0 Å². The minimum atomic E-state index is -0.331. The van der Waals surface area contributed by atoms with Crippen molar-refractivity contribution >= 4 is 35.1 Å². The number of ether oxygens (including phenoxy) is 1. The van der Waals surface area contributed by atoms with Gasteiger partial charge < -0.3 is 9.84 Å². The zero-order chi connectivity index (χ0) is 20.2. The van der Waals surface area contributed by atoms with Gasteiger partial charge in [0.25, 0.3) is 0 Å². The first-order chi connectivity index (χ1) is 13.7. The van der Waals surface area contributed by atoms with Crippen molar-refractivity contribution in [1.82, 2.24) is 4.98 Å². The van der Waals surface area contributed by atoms with E-state index in [4.69, 9.17) is 4.74 Å². The molecule has 0 aliphatic rings. The number of hydrogen-bond donors (Lipinski definition) is 1. The van der Waals surface area contributed by atoms with Crippen LogP contribution in [0.3, 0.4) is 0 Å². The second-order valence-corrected chi connectivity index (χ2v) is 8.24. The molecule has 0 radical (unpaired) electrons. The van der Waals surface area contributed by atoms with Crippen molar-refractivity contribution in [2.45, 2.75) is 19.8 Å². The first-order valence-corrected chi connectivity index (χ1v) is 11.1. The van der Waals surface area contributed by atoms with Crippen LogP contribution in [0.5, 0.6) is 5.75 Å². The van der Waals surface area contributed by atoms with Crippen molar-refractivity contribution in [3.05, 3.63) is 76.8 Å². The van der Waals surface area contributed by atoms with Gasteiger partial charge in [-0.15, -0.1) is 30.1 Å². The van der Waals surface area contributed by atoms with Crippen molar-refractivity contribution in [2.24, 2.45) is 0 Å². The summed E-state index contributed by atoms with van der Waals surface area (Å²) < 4.78 is 6.22. The Hall–Kier alpha value is -2.18. The largest absolute Gasteiger partial charge is 0.508 e. The Kier molecular flexibility index (Phi) is 9.72. The lowest BCUT2D eigenvalue weighted by Gasteiger charge is -2.14. The topological polar surface area (TPSA) is 59.4 Å². The zero-order valence-corrected chi connectivity index (χ0v) is 17.6. The van der Waals surface area contributed by atoms with E-state index in [2.05, 4.69) is 11.6 Å². The van der Waals surface area contributed by atoms with Gasteiger partial charge in [-0.3, -0.25) is 4.98 Å². The highest BCUT2D eigenvalue weighted by Gasteiger charge is 2.20. The molecule has 0 atom stereocenters. The van der Waals surface area contributed by atoms with Crippen LogP contribution in [-0.2, 0) is 16.0 Å². The van der Waals surface area contributed by atoms with Crippen LogP contribution in [0, 0.1) is 0 Å². The maximum Gasteiger partial charge on any atom is 0.340 e. The van der Waals surface area contributed by atoms with Gasteiger partial charge in [-0.25, -0.2) is 4.79 Å². The number of nitrogens with zero attached hydrogens (tertiary/aromatic N) is 1. The number of thioether (sulfide) groups is 2. The summed E-state index contributed by atoms with van der Waals surface area (Å²) in [7, 11) is 0. The Bertz CT molecular complexity index is 806. The van der Waals surface area contributed by atoms with Gasteiger partial charge in [0, 0.05) is 23.7 Å². The van der Waals surface area contributed by atoms with Crippen molar-refractivity contribution in [2.75, 3.05) is 18.1 Å². The number of carbonyl (C=O) groups is 1. The van der Waals surface area contributed by atoms with E-state index in [1.807, 2.05) is 30.3 Å². The predicted molar refractivity (Wildman–Crippen MR) is 119 cm³/mol. The van der Waals surface area contributed by atoms with Crippen LogP contribution >= 0.6 is 23.5 Å². The summed E-state index contributed by atoms with van der Waals surface area (Å²) >= 11 is 3.23.